The second-order valence-corrected chi connectivity index (χ2v) is 7.67. The molecule has 2 amide bonds. The normalized spacial score (nSPS) is 20.5. The first-order valence-electron chi connectivity index (χ1n) is 7.35. The molecule has 1 N–H and O–H groups in total. The topological polar surface area (TPSA) is 69.7 Å². The second-order valence-electron chi connectivity index (χ2n) is 5.41. The number of hydrogen-bond acceptors (Lipinski definition) is 3. The summed E-state index contributed by atoms with van der Waals surface area (Å²) in [5.74, 6) is 0.547. The zero-order valence-corrected chi connectivity index (χ0v) is 13.7. The van der Waals surface area contributed by atoms with Crippen molar-refractivity contribution < 1.29 is 13.2 Å². The lowest BCUT2D eigenvalue weighted by atomic mass is 10.0. The van der Waals surface area contributed by atoms with Crippen molar-refractivity contribution in [2.24, 2.45) is 5.92 Å². The number of hydrogen-bond donors (Lipinski definition) is 1. The van der Waals surface area contributed by atoms with Crippen LogP contribution in [0.25, 0.3) is 0 Å². The number of amides is 2. The minimum Gasteiger partial charge on any atom is -0.335 e. The highest BCUT2D eigenvalue weighted by Crippen LogP contribution is 2.10. The van der Waals surface area contributed by atoms with Crippen molar-refractivity contribution in [2.45, 2.75) is 40.2 Å². The van der Waals surface area contributed by atoms with Crippen LogP contribution in [0.15, 0.2) is 0 Å². The Morgan fingerprint density at radius 1 is 1.15 bits per heavy atom. The fourth-order valence-electron chi connectivity index (χ4n) is 2.13. The quantitative estimate of drug-likeness (QED) is 0.827. The maximum Gasteiger partial charge on any atom is 0.317 e. The lowest BCUT2D eigenvalue weighted by Gasteiger charge is -2.35. The molecule has 1 aliphatic rings. The summed E-state index contributed by atoms with van der Waals surface area (Å²) in [4.78, 5) is 13.8. The van der Waals surface area contributed by atoms with Gasteiger partial charge in [0.2, 0.25) is 10.0 Å². The molecule has 0 radical (unpaired) electrons. The third kappa shape index (κ3) is 4.34. The number of sulfonamides is 1. The van der Waals surface area contributed by atoms with Gasteiger partial charge in [-0.2, -0.15) is 4.31 Å². The number of nitrogens with one attached hydrogen (secondary N) is 1. The first kappa shape index (κ1) is 17.2. The Labute approximate surface area is 122 Å². The van der Waals surface area contributed by atoms with Crippen LogP contribution in [0.1, 0.15) is 34.1 Å². The SMILES string of the molecule is CCC(C)C(C)NC(=O)N1CCN(S(=O)(=O)CC)CC1. The maximum atomic E-state index is 12.1. The summed E-state index contributed by atoms with van der Waals surface area (Å²) in [6.07, 6.45) is 1.02. The highest BCUT2D eigenvalue weighted by Gasteiger charge is 2.28. The summed E-state index contributed by atoms with van der Waals surface area (Å²) in [5.41, 5.74) is 0. The van der Waals surface area contributed by atoms with E-state index in [1.807, 2.05) is 6.92 Å². The van der Waals surface area contributed by atoms with Crippen LogP contribution in [0.4, 0.5) is 4.79 Å². The molecule has 1 saturated heterocycles. The number of carbonyl (C=O) groups excluding carboxylic acids is 1. The van der Waals surface area contributed by atoms with E-state index in [-0.39, 0.29) is 17.8 Å². The Hall–Kier alpha value is -0.820. The predicted molar refractivity (Wildman–Crippen MR) is 80.1 cm³/mol. The van der Waals surface area contributed by atoms with Crippen molar-refractivity contribution in [3.05, 3.63) is 0 Å². The average Bonchev–Trinajstić information content (AvgIpc) is 2.46. The van der Waals surface area contributed by atoms with E-state index in [0.717, 1.165) is 6.42 Å². The van der Waals surface area contributed by atoms with Crippen molar-refractivity contribution in [3.8, 4) is 0 Å². The fraction of sp³-hybridized carbons (Fsp3) is 0.923. The fourth-order valence-corrected chi connectivity index (χ4v) is 3.22. The largest absolute Gasteiger partial charge is 0.335 e. The Bertz CT molecular complexity index is 417. The van der Waals surface area contributed by atoms with Crippen LogP contribution < -0.4 is 5.32 Å². The summed E-state index contributed by atoms with van der Waals surface area (Å²) in [7, 11) is -3.14. The van der Waals surface area contributed by atoms with Crippen molar-refractivity contribution in [3.63, 3.8) is 0 Å². The Balaban J connectivity index is 2.47. The van der Waals surface area contributed by atoms with Crippen molar-refractivity contribution in [1.29, 1.82) is 0 Å². The van der Waals surface area contributed by atoms with Crippen LogP contribution in [0.2, 0.25) is 0 Å². The second kappa shape index (κ2) is 7.26. The Morgan fingerprint density at radius 2 is 1.70 bits per heavy atom. The number of nitrogens with zero attached hydrogens (tertiary/aromatic N) is 2. The van der Waals surface area contributed by atoms with Crippen LogP contribution in [-0.2, 0) is 10.0 Å². The van der Waals surface area contributed by atoms with E-state index in [1.54, 1.807) is 11.8 Å². The molecule has 0 aromatic rings. The van der Waals surface area contributed by atoms with Gasteiger partial charge in [-0.05, 0) is 19.8 Å². The summed E-state index contributed by atoms with van der Waals surface area (Å²) in [6.45, 7) is 9.55. The van der Waals surface area contributed by atoms with Gasteiger partial charge in [0, 0.05) is 32.2 Å². The van der Waals surface area contributed by atoms with Crippen molar-refractivity contribution in [1.82, 2.24) is 14.5 Å². The van der Waals surface area contributed by atoms with Gasteiger partial charge in [0.1, 0.15) is 0 Å². The minimum atomic E-state index is -3.14. The van der Waals surface area contributed by atoms with E-state index in [4.69, 9.17) is 0 Å². The highest BCUT2D eigenvalue weighted by atomic mass is 32.2. The molecule has 1 heterocycles. The summed E-state index contributed by atoms with van der Waals surface area (Å²) >= 11 is 0. The van der Waals surface area contributed by atoms with E-state index in [9.17, 15) is 13.2 Å². The number of rotatable bonds is 5. The van der Waals surface area contributed by atoms with Gasteiger partial charge in [-0.25, -0.2) is 13.2 Å². The number of urea groups is 1. The molecule has 0 aromatic heterocycles. The third-order valence-electron chi connectivity index (χ3n) is 4.13. The van der Waals surface area contributed by atoms with Gasteiger partial charge in [-0.1, -0.05) is 20.3 Å². The van der Waals surface area contributed by atoms with E-state index in [0.29, 0.717) is 32.1 Å². The molecular formula is C13H27N3O3S. The molecule has 0 saturated carbocycles. The van der Waals surface area contributed by atoms with Gasteiger partial charge < -0.3 is 10.2 Å². The van der Waals surface area contributed by atoms with Crippen molar-refractivity contribution in [2.75, 3.05) is 31.9 Å². The zero-order valence-electron chi connectivity index (χ0n) is 12.9. The van der Waals surface area contributed by atoms with Crippen LogP contribution in [0, 0.1) is 5.92 Å². The van der Waals surface area contributed by atoms with Crippen molar-refractivity contribution >= 4 is 16.1 Å². The maximum absolute atomic E-state index is 12.1. The van der Waals surface area contributed by atoms with Crippen LogP contribution in [-0.4, -0.2) is 61.6 Å². The smallest absolute Gasteiger partial charge is 0.317 e. The molecular weight excluding hydrogens is 278 g/mol. The van der Waals surface area contributed by atoms with Gasteiger partial charge in [-0.15, -0.1) is 0 Å². The van der Waals surface area contributed by atoms with Crippen LogP contribution in [0.3, 0.4) is 0 Å². The Kier molecular flexibility index (Phi) is 6.26. The molecule has 0 spiro atoms. The van der Waals surface area contributed by atoms with Gasteiger partial charge in [0.05, 0.1) is 5.75 Å². The molecule has 1 rings (SSSR count). The molecule has 6 nitrogen and oxygen atoms in total. The predicted octanol–water partition coefficient (Wildman–Crippen LogP) is 1.10. The molecule has 7 heteroatoms. The summed E-state index contributed by atoms with van der Waals surface area (Å²) in [5, 5.41) is 2.99. The third-order valence-corrected chi connectivity index (χ3v) is 6.01. The van der Waals surface area contributed by atoms with Gasteiger partial charge in [-0.3, -0.25) is 0 Å². The first-order chi connectivity index (χ1) is 9.31. The molecule has 1 fully saturated rings. The molecule has 118 valence electrons. The van der Waals surface area contributed by atoms with Gasteiger partial charge in [0.25, 0.3) is 0 Å². The Morgan fingerprint density at radius 3 is 2.15 bits per heavy atom. The lowest BCUT2D eigenvalue weighted by Crippen LogP contribution is -2.55. The monoisotopic (exact) mass is 305 g/mol. The van der Waals surface area contributed by atoms with Gasteiger partial charge >= 0.3 is 6.03 Å². The molecule has 20 heavy (non-hydrogen) atoms. The zero-order chi connectivity index (χ0) is 15.3. The minimum absolute atomic E-state index is 0.0913. The molecule has 2 atom stereocenters. The van der Waals surface area contributed by atoms with Crippen LogP contribution in [0.5, 0.6) is 0 Å². The average molecular weight is 305 g/mol. The lowest BCUT2D eigenvalue weighted by molar-refractivity contribution is 0.166. The van der Waals surface area contributed by atoms with E-state index in [2.05, 4.69) is 19.2 Å². The van der Waals surface area contributed by atoms with Gasteiger partial charge in [0.15, 0.2) is 0 Å². The van der Waals surface area contributed by atoms with Crippen LogP contribution >= 0.6 is 0 Å². The van der Waals surface area contributed by atoms with E-state index >= 15 is 0 Å². The molecule has 0 aromatic carbocycles. The highest BCUT2D eigenvalue weighted by molar-refractivity contribution is 7.89. The number of piperazine rings is 1. The summed E-state index contributed by atoms with van der Waals surface area (Å²) in [6, 6.07) is 0.0382. The molecule has 1 aliphatic heterocycles. The molecule has 0 aliphatic carbocycles. The van der Waals surface area contributed by atoms with E-state index in [1.165, 1.54) is 4.31 Å². The standard InChI is InChI=1S/C13H27N3O3S/c1-5-11(3)12(4)14-13(17)15-7-9-16(10-8-15)20(18,19)6-2/h11-12H,5-10H2,1-4H3,(H,14,17). The summed E-state index contributed by atoms with van der Waals surface area (Å²) < 4.78 is 25.0. The molecule has 0 bridgehead atoms. The van der Waals surface area contributed by atoms with E-state index < -0.39 is 10.0 Å². The number of carbonyl (C=O) groups is 1. The molecule has 2 unspecified atom stereocenters. The first-order valence-corrected chi connectivity index (χ1v) is 8.96.